The summed E-state index contributed by atoms with van der Waals surface area (Å²) in [4.78, 5) is 24.8. The van der Waals surface area contributed by atoms with E-state index in [0.29, 0.717) is 23.0 Å². The van der Waals surface area contributed by atoms with Crippen molar-refractivity contribution in [2.45, 2.75) is 51.6 Å². The van der Waals surface area contributed by atoms with Crippen molar-refractivity contribution in [2.24, 2.45) is 5.41 Å². The van der Waals surface area contributed by atoms with Crippen LogP contribution in [0.2, 0.25) is 0 Å². The van der Waals surface area contributed by atoms with E-state index in [1.807, 2.05) is 39.2 Å². The highest BCUT2D eigenvalue weighted by molar-refractivity contribution is 8.00. The van der Waals surface area contributed by atoms with Crippen molar-refractivity contribution in [1.29, 1.82) is 0 Å². The molecule has 1 atom stereocenters. The Kier molecular flexibility index (Phi) is 6.59. The summed E-state index contributed by atoms with van der Waals surface area (Å²) in [6, 6.07) is 6.96. The quantitative estimate of drug-likeness (QED) is 0.440. The minimum absolute atomic E-state index is 0.000459. The third-order valence-electron chi connectivity index (χ3n) is 3.97. The van der Waals surface area contributed by atoms with E-state index in [4.69, 9.17) is 0 Å². The van der Waals surface area contributed by atoms with Crippen molar-refractivity contribution in [3.63, 3.8) is 0 Å². The maximum atomic E-state index is 12.7. The number of anilines is 1. The molecule has 27 heavy (non-hydrogen) atoms. The minimum Gasteiger partial charge on any atom is -0.326 e. The number of amides is 1. The molecule has 0 spiro atoms. The molecule has 7 heteroatoms. The SMILES string of the molecule is C=CCn1c(C)nnc1SC(C)C(=O)c1ccc(NC(=O)C(C)(C)C)cc1. The molecule has 0 aliphatic carbocycles. The maximum Gasteiger partial charge on any atom is 0.229 e. The van der Waals surface area contributed by atoms with Crippen molar-refractivity contribution in [2.75, 3.05) is 5.32 Å². The zero-order valence-electron chi connectivity index (χ0n) is 16.4. The Morgan fingerprint density at radius 3 is 2.44 bits per heavy atom. The van der Waals surface area contributed by atoms with Gasteiger partial charge in [-0.2, -0.15) is 0 Å². The molecule has 0 radical (unpaired) electrons. The molecule has 6 nitrogen and oxygen atoms in total. The summed E-state index contributed by atoms with van der Waals surface area (Å²) in [6.45, 7) is 13.6. The van der Waals surface area contributed by atoms with Crippen molar-refractivity contribution in [3.8, 4) is 0 Å². The first-order valence-electron chi connectivity index (χ1n) is 8.76. The van der Waals surface area contributed by atoms with E-state index in [9.17, 15) is 9.59 Å². The highest BCUT2D eigenvalue weighted by Gasteiger charge is 2.22. The van der Waals surface area contributed by atoms with Crippen LogP contribution < -0.4 is 5.32 Å². The number of hydrogen-bond donors (Lipinski definition) is 1. The summed E-state index contributed by atoms with van der Waals surface area (Å²) in [5.74, 6) is 0.720. The number of aryl methyl sites for hydroxylation is 1. The first kappa shape index (κ1) is 20.9. The number of thioether (sulfide) groups is 1. The average Bonchev–Trinajstić information content (AvgIpc) is 2.94. The van der Waals surface area contributed by atoms with E-state index >= 15 is 0 Å². The largest absolute Gasteiger partial charge is 0.326 e. The lowest BCUT2D eigenvalue weighted by molar-refractivity contribution is -0.123. The van der Waals surface area contributed by atoms with Gasteiger partial charge >= 0.3 is 0 Å². The van der Waals surface area contributed by atoms with E-state index in [1.54, 1.807) is 30.3 Å². The molecule has 1 unspecified atom stereocenters. The highest BCUT2D eigenvalue weighted by Crippen LogP contribution is 2.25. The fraction of sp³-hybridized carbons (Fsp3) is 0.400. The molecule has 1 aromatic carbocycles. The summed E-state index contributed by atoms with van der Waals surface area (Å²) in [6.07, 6.45) is 1.78. The number of carbonyl (C=O) groups is 2. The molecule has 1 heterocycles. The van der Waals surface area contributed by atoms with Crippen LogP contribution in [0.1, 0.15) is 43.9 Å². The fourth-order valence-electron chi connectivity index (χ4n) is 2.27. The van der Waals surface area contributed by atoms with Gasteiger partial charge in [0.1, 0.15) is 5.82 Å². The number of allylic oxidation sites excluding steroid dienone is 1. The van der Waals surface area contributed by atoms with Crippen LogP contribution in [0.3, 0.4) is 0 Å². The molecule has 2 rings (SSSR count). The number of hydrogen-bond acceptors (Lipinski definition) is 5. The third-order valence-corrected chi connectivity index (χ3v) is 5.05. The summed E-state index contributed by atoms with van der Waals surface area (Å²) in [5.41, 5.74) is 0.794. The van der Waals surface area contributed by atoms with Gasteiger partial charge < -0.3 is 9.88 Å². The second-order valence-electron chi connectivity index (χ2n) is 7.33. The smallest absolute Gasteiger partial charge is 0.229 e. The van der Waals surface area contributed by atoms with Crippen molar-refractivity contribution in [1.82, 2.24) is 14.8 Å². The van der Waals surface area contributed by atoms with Gasteiger partial charge in [0.25, 0.3) is 0 Å². The number of ketones is 1. The molecule has 2 aromatic rings. The van der Waals surface area contributed by atoms with Crippen molar-refractivity contribution in [3.05, 3.63) is 48.3 Å². The van der Waals surface area contributed by atoms with Gasteiger partial charge in [-0.1, -0.05) is 38.6 Å². The zero-order valence-corrected chi connectivity index (χ0v) is 17.3. The lowest BCUT2D eigenvalue weighted by atomic mass is 9.95. The van der Waals surface area contributed by atoms with Crippen LogP contribution in [0.25, 0.3) is 0 Å². The van der Waals surface area contributed by atoms with E-state index in [1.165, 1.54) is 11.8 Å². The molecule has 144 valence electrons. The summed E-state index contributed by atoms with van der Waals surface area (Å²) in [7, 11) is 0. The summed E-state index contributed by atoms with van der Waals surface area (Å²) >= 11 is 1.37. The van der Waals surface area contributed by atoms with Gasteiger partial charge in [-0.05, 0) is 38.1 Å². The average molecular weight is 387 g/mol. The predicted octanol–water partition coefficient (Wildman–Crippen LogP) is 4.12. The Morgan fingerprint density at radius 1 is 1.26 bits per heavy atom. The van der Waals surface area contributed by atoms with Crippen LogP contribution >= 0.6 is 11.8 Å². The lowest BCUT2D eigenvalue weighted by Gasteiger charge is -2.18. The molecule has 0 saturated carbocycles. The first-order chi connectivity index (χ1) is 12.6. The molecular weight excluding hydrogens is 360 g/mol. The number of rotatable bonds is 7. The van der Waals surface area contributed by atoms with Crippen LogP contribution in [0.4, 0.5) is 5.69 Å². The zero-order chi connectivity index (χ0) is 20.2. The molecule has 0 aliphatic rings. The molecular formula is C20H26N4O2S. The Labute approximate surface area is 164 Å². The Bertz CT molecular complexity index is 835. The number of Topliss-reactive ketones (excluding diaryl/α,β-unsaturated/α-hetero) is 1. The van der Waals surface area contributed by atoms with Gasteiger partial charge in [-0.15, -0.1) is 16.8 Å². The molecule has 0 bridgehead atoms. The van der Waals surface area contributed by atoms with Crippen LogP contribution in [0, 0.1) is 12.3 Å². The second-order valence-corrected chi connectivity index (χ2v) is 8.64. The van der Waals surface area contributed by atoms with E-state index in [2.05, 4.69) is 22.1 Å². The Hall–Kier alpha value is -2.41. The molecule has 1 aromatic heterocycles. The number of carbonyl (C=O) groups excluding carboxylic acids is 2. The van der Waals surface area contributed by atoms with Crippen LogP contribution in [0.15, 0.2) is 42.1 Å². The summed E-state index contributed by atoms with van der Waals surface area (Å²) < 4.78 is 1.92. The highest BCUT2D eigenvalue weighted by atomic mass is 32.2. The van der Waals surface area contributed by atoms with E-state index < -0.39 is 5.41 Å². The number of aromatic nitrogens is 3. The molecule has 0 saturated heterocycles. The monoisotopic (exact) mass is 386 g/mol. The van der Waals surface area contributed by atoms with Gasteiger partial charge in [0.15, 0.2) is 10.9 Å². The van der Waals surface area contributed by atoms with Crippen LogP contribution in [0.5, 0.6) is 0 Å². The van der Waals surface area contributed by atoms with Crippen molar-refractivity contribution < 1.29 is 9.59 Å². The lowest BCUT2D eigenvalue weighted by Crippen LogP contribution is -2.27. The van der Waals surface area contributed by atoms with Crippen LogP contribution in [-0.2, 0) is 11.3 Å². The van der Waals surface area contributed by atoms with Crippen LogP contribution in [-0.4, -0.2) is 31.7 Å². The van der Waals surface area contributed by atoms with E-state index in [0.717, 1.165) is 5.82 Å². The predicted molar refractivity (Wildman–Crippen MR) is 109 cm³/mol. The Balaban J connectivity index is 2.07. The number of nitrogens with one attached hydrogen (secondary N) is 1. The fourth-order valence-corrected chi connectivity index (χ4v) is 3.25. The minimum atomic E-state index is -0.473. The standard InChI is InChI=1S/C20H26N4O2S/c1-7-12-24-14(3)22-23-19(24)27-13(2)17(25)15-8-10-16(11-9-15)21-18(26)20(4,5)6/h7-11,13H,1,12H2,2-6H3,(H,21,26). The maximum absolute atomic E-state index is 12.7. The molecule has 1 N–H and O–H groups in total. The molecule has 1 amide bonds. The normalized spacial score (nSPS) is 12.5. The van der Waals surface area contributed by atoms with Crippen molar-refractivity contribution >= 4 is 29.1 Å². The van der Waals surface area contributed by atoms with Gasteiger partial charge in [0.05, 0.1) is 5.25 Å². The van der Waals surface area contributed by atoms with Gasteiger partial charge in [0.2, 0.25) is 5.91 Å². The number of nitrogens with zero attached hydrogens (tertiary/aromatic N) is 3. The molecule has 0 fully saturated rings. The Morgan fingerprint density at radius 2 is 1.89 bits per heavy atom. The summed E-state index contributed by atoms with van der Waals surface area (Å²) in [5, 5.41) is 11.5. The van der Waals surface area contributed by atoms with Gasteiger partial charge in [-0.25, -0.2) is 0 Å². The second kappa shape index (κ2) is 8.52. The topological polar surface area (TPSA) is 76.9 Å². The first-order valence-corrected chi connectivity index (χ1v) is 9.64. The van der Waals surface area contributed by atoms with Gasteiger partial charge in [0, 0.05) is 23.2 Å². The number of benzene rings is 1. The van der Waals surface area contributed by atoms with Gasteiger partial charge in [-0.3, -0.25) is 9.59 Å². The molecule has 0 aliphatic heterocycles. The van der Waals surface area contributed by atoms with E-state index in [-0.39, 0.29) is 16.9 Å². The third kappa shape index (κ3) is 5.29.